The summed E-state index contributed by atoms with van der Waals surface area (Å²) in [5, 5.41) is 0. The van der Waals surface area contributed by atoms with E-state index in [1.54, 1.807) is 11.1 Å². The number of ether oxygens (including phenoxy) is 2. The molecule has 6 heteroatoms. The highest BCUT2D eigenvalue weighted by atomic mass is 79.9. The van der Waals surface area contributed by atoms with Crippen LogP contribution in [0, 0.1) is 0 Å². The van der Waals surface area contributed by atoms with Crippen molar-refractivity contribution < 1.29 is 14.3 Å². The quantitative estimate of drug-likeness (QED) is 0.687. The van der Waals surface area contributed by atoms with Gasteiger partial charge in [0.05, 0.1) is 13.1 Å². The third kappa shape index (κ3) is 3.59. The van der Waals surface area contributed by atoms with Crippen LogP contribution in [0.4, 0.5) is 4.79 Å². The molecule has 0 radical (unpaired) electrons. The molecule has 0 saturated carbocycles. The van der Waals surface area contributed by atoms with Crippen LogP contribution in [0.2, 0.25) is 0 Å². The number of rotatable bonds is 0. The minimum Gasteiger partial charge on any atom is -0.489 e. The van der Waals surface area contributed by atoms with E-state index >= 15 is 0 Å². The number of amides is 1. The summed E-state index contributed by atoms with van der Waals surface area (Å²) in [7, 11) is 0. The molecule has 0 N–H and O–H groups in total. The van der Waals surface area contributed by atoms with E-state index in [0.717, 1.165) is 5.56 Å². The van der Waals surface area contributed by atoms with Crippen LogP contribution in [0.1, 0.15) is 26.3 Å². The minimum absolute atomic E-state index is 0.322. The average Bonchev–Trinajstić information content (AvgIpc) is 2.50. The van der Waals surface area contributed by atoms with Crippen molar-refractivity contribution in [3.05, 3.63) is 22.4 Å². The zero-order chi connectivity index (χ0) is 14.0. The first kappa shape index (κ1) is 14.1. The van der Waals surface area contributed by atoms with Crippen molar-refractivity contribution in [2.45, 2.75) is 32.9 Å². The van der Waals surface area contributed by atoms with Crippen LogP contribution in [0.3, 0.4) is 0 Å². The topological polar surface area (TPSA) is 51.7 Å². The van der Waals surface area contributed by atoms with Gasteiger partial charge in [-0.15, -0.1) is 0 Å². The second kappa shape index (κ2) is 5.36. The van der Waals surface area contributed by atoms with Crippen LogP contribution in [0.25, 0.3) is 0 Å². The summed E-state index contributed by atoms with van der Waals surface area (Å²) < 4.78 is 11.7. The molecular formula is C13H17BrN2O3. The molecule has 2 rings (SSSR count). The molecule has 5 nitrogen and oxygen atoms in total. The van der Waals surface area contributed by atoms with Crippen LogP contribution in [-0.2, 0) is 11.3 Å². The van der Waals surface area contributed by atoms with Gasteiger partial charge < -0.3 is 14.4 Å². The van der Waals surface area contributed by atoms with Crippen LogP contribution >= 0.6 is 15.9 Å². The van der Waals surface area contributed by atoms with E-state index in [2.05, 4.69) is 20.9 Å². The van der Waals surface area contributed by atoms with Crippen molar-refractivity contribution in [1.82, 2.24) is 9.88 Å². The number of aromatic nitrogens is 1. The van der Waals surface area contributed by atoms with Gasteiger partial charge in [-0.05, 0) is 42.8 Å². The Balaban J connectivity index is 2.16. The lowest BCUT2D eigenvalue weighted by Crippen LogP contribution is -2.37. The van der Waals surface area contributed by atoms with Gasteiger partial charge >= 0.3 is 6.09 Å². The number of halogens is 1. The summed E-state index contributed by atoms with van der Waals surface area (Å²) in [6.07, 6.45) is 1.36. The molecule has 0 aliphatic carbocycles. The standard InChI is InChI=1S/C13H17BrN2O3/c1-13(2,3)19-12(17)16-6-7-18-10-9(8-16)4-5-15-11(10)14/h4-5H,6-8H2,1-3H3. The number of carbonyl (C=O) groups is 1. The summed E-state index contributed by atoms with van der Waals surface area (Å²) in [6, 6.07) is 1.85. The second-order valence-corrected chi connectivity index (χ2v) is 6.09. The molecule has 19 heavy (non-hydrogen) atoms. The Morgan fingerprint density at radius 2 is 2.26 bits per heavy atom. The molecule has 104 valence electrons. The van der Waals surface area contributed by atoms with Crippen LogP contribution < -0.4 is 4.74 Å². The molecule has 1 amide bonds. The van der Waals surface area contributed by atoms with Gasteiger partial charge in [0.2, 0.25) is 0 Å². The van der Waals surface area contributed by atoms with Gasteiger partial charge in [0.25, 0.3) is 0 Å². The smallest absolute Gasteiger partial charge is 0.410 e. The normalized spacial score (nSPS) is 15.3. The summed E-state index contributed by atoms with van der Waals surface area (Å²) in [4.78, 5) is 17.8. The predicted octanol–water partition coefficient (Wildman–Crippen LogP) is 2.97. The van der Waals surface area contributed by atoms with E-state index in [9.17, 15) is 4.79 Å². The van der Waals surface area contributed by atoms with Crippen LogP contribution in [0.5, 0.6) is 5.75 Å². The Morgan fingerprint density at radius 3 is 2.95 bits per heavy atom. The maximum Gasteiger partial charge on any atom is 0.410 e. The van der Waals surface area contributed by atoms with Gasteiger partial charge in [-0.2, -0.15) is 0 Å². The number of pyridine rings is 1. The Morgan fingerprint density at radius 1 is 1.53 bits per heavy atom. The van der Waals surface area contributed by atoms with Crippen molar-refractivity contribution >= 4 is 22.0 Å². The minimum atomic E-state index is -0.494. The van der Waals surface area contributed by atoms with Gasteiger partial charge in [0.1, 0.15) is 16.8 Å². The zero-order valence-corrected chi connectivity index (χ0v) is 12.9. The lowest BCUT2D eigenvalue weighted by Gasteiger charge is -2.26. The Kier molecular flexibility index (Phi) is 3.99. The largest absolute Gasteiger partial charge is 0.489 e. The molecule has 2 heterocycles. The lowest BCUT2D eigenvalue weighted by atomic mass is 10.2. The summed E-state index contributed by atoms with van der Waals surface area (Å²) >= 11 is 3.35. The van der Waals surface area contributed by atoms with E-state index in [1.165, 1.54) is 0 Å². The molecule has 1 aliphatic rings. The SMILES string of the molecule is CC(C)(C)OC(=O)N1CCOc2c(ccnc2Br)C1. The fourth-order valence-electron chi connectivity index (χ4n) is 1.76. The van der Waals surface area contributed by atoms with E-state index in [1.807, 2.05) is 26.8 Å². The Hall–Kier alpha value is -1.30. The molecule has 1 aromatic heterocycles. The van der Waals surface area contributed by atoms with Gasteiger partial charge in [-0.25, -0.2) is 9.78 Å². The lowest BCUT2D eigenvalue weighted by molar-refractivity contribution is 0.0225. The first-order chi connectivity index (χ1) is 8.87. The monoisotopic (exact) mass is 328 g/mol. The Labute approximate surface area is 121 Å². The maximum absolute atomic E-state index is 12.1. The number of hydrogen-bond acceptors (Lipinski definition) is 4. The van der Waals surface area contributed by atoms with Crippen molar-refractivity contribution in [2.75, 3.05) is 13.2 Å². The van der Waals surface area contributed by atoms with Gasteiger partial charge in [0.15, 0.2) is 5.75 Å². The summed E-state index contributed by atoms with van der Waals surface area (Å²) in [6.45, 7) is 6.95. The molecule has 0 fully saturated rings. The molecule has 0 bridgehead atoms. The van der Waals surface area contributed by atoms with Gasteiger partial charge in [-0.3, -0.25) is 0 Å². The molecule has 1 aromatic rings. The highest BCUT2D eigenvalue weighted by molar-refractivity contribution is 9.10. The fourth-order valence-corrected chi connectivity index (χ4v) is 2.25. The average molecular weight is 329 g/mol. The first-order valence-electron chi connectivity index (χ1n) is 6.11. The second-order valence-electron chi connectivity index (χ2n) is 5.34. The Bertz CT molecular complexity index is 485. The molecule has 0 aromatic carbocycles. The molecule has 0 saturated heterocycles. The van der Waals surface area contributed by atoms with E-state index in [4.69, 9.17) is 9.47 Å². The van der Waals surface area contributed by atoms with E-state index < -0.39 is 5.60 Å². The van der Waals surface area contributed by atoms with E-state index in [0.29, 0.717) is 30.0 Å². The number of nitrogens with zero attached hydrogens (tertiary/aromatic N) is 2. The van der Waals surface area contributed by atoms with Gasteiger partial charge in [0, 0.05) is 11.8 Å². The van der Waals surface area contributed by atoms with Crippen LogP contribution in [0.15, 0.2) is 16.9 Å². The molecule has 0 unspecified atom stereocenters. The zero-order valence-electron chi connectivity index (χ0n) is 11.3. The fraction of sp³-hybridized carbons (Fsp3) is 0.538. The molecule has 0 spiro atoms. The number of hydrogen-bond donors (Lipinski definition) is 0. The number of fused-ring (bicyclic) bond motifs is 1. The van der Waals surface area contributed by atoms with Crippen LogP contribution in [-0.4, -0.2) is 34.7 Å². The number of carbonyl (C=O) groups excluding carboxylic acids is 1. The van der Waals surface area contributed by atoms with Crippen molar-refractivity contribution in [3.8, 4) is 5.75 Å². The van der Waals surface area contributed by atoms with E-state index in [-0.39, 0.29) is 6.09 Å². The molecule has 0 atom stereocenters. The molecular weight excluding hydrogens is 312 g/mol. The highest BCUT2D eigenvalue weighted by Gasteiger charge is 2.25. The van der Waals surface area contributed by atoms with Gasteiger partial charge in [-0.1, -0.05) is 0 Å². The molecule has 1 aliphatic heterocycles. The van der Waals surface area contributed by atoms with Crippen molar-refractivity contribution in [3.63, 3.8) is 0 Å². The summed E-state index contributed by atoms with van der Waals surface area (Å²) in [5.74, 6) is 0.702. The predicted molar refractivity (Wildman–Crippen MR) is 74.1 cm³/mol. The van der Waals surface area contributed by atoms with Crippen molar-refractivity contribution in [2.24, 2.45) is 0 Å². The first-order valence-corrected chi connectivity index (χ1v) is 6.90. The highest BCUT2D eigenvalue weighted by Crippen LogP contribution is 2.30. The third-order valence-electron chi connectivity index (χ3n) is 2.56. The third-order valence-corrected chi connectivity index (χ3v) is 3.13. The summed E-state index contributed by atoms with van der Waals surface area (Å²) in [5.41, 5.74) is 0.427. The maximum atomic E-state index is 12.1. The van der Waals surface area contributed by atoms with Crippen molar-refractivity contribution in [1.29, 1.82) is 0 Å².